The summed E-state index contributed by atoms with van der Waals surface area (Å²) in [6.45, 7) is 6.09. The zero-order valence-corrected chi connectivity index (χ0v) is 13.3. The third-order valence-corrected chi connectivity index (χ3v) is 4.47. The summed E-state index contributed by atoms with van der Waals surface area (Å²) >= 11 is 0. The van der Waals surface area contributed by atoms with Crippen LogP contribution in [0.5, 0.6) is 0 Å². The molecule has 5 heteroatoms. The van der Waals surface area contributed by atoms with E-state index in [1.54, 1.807) is 24.4 Å². The van der Waals surface area contributed by atoms with Crippen LogP contribution < -0.4 is 4.72 Å². The van der Waals surface area contributed by atoms with Crippen molar-refractivity contribution in [3.8, 4) is 0 Å². The van der Waals surface area contributed by atoms with Crippen LogP contribution in [0.25, 0.3) is 0 Å². The molecule has 0 aliphatic rings. The lowest BCUT2D eigenvalue weighted by atomic mass is 10.0. The number of aromatic nitrogens is 1. The Morgan fingerprint density at radius 1 is 1.14 bits per heavy atom. The fourth-order valence-electron chi connectivity index (χ4n) is 2.05. The van der Waals surface area contributed by atoms with Gasteiger partial charge in [-0.05, 0) is 48.6 Å². The fourth-order valence-corrected chi connectivity index (χ4v) is 3.14. The molecule has 1 N–H and O–H groups in total. The van der Waals surface area contributed by atoms with E-state index in [0.29, 0.717) is 11.7 Å². The zero-order valence-electron chi connectivity index (χ0n) is 12.5. The Kier molecular flexibility index (Phi) is 4.63. The number of anilines is 1. The normalized spacial score (nSPS) is 11.6. The van der Waals surface area contributed by atoms with E-state index in [0.717, 1.165) is 17.5 Å². The summed E-state index contributed by atoms with van der Waals surface area (Å²) in [6, 6.07) is 10.6. The number of sulfonamides is 1. The van der Waals surface area contributed by atoms with Crippen molar-refractivity contribution in [2.24, 2.45) is 5.92 Å². The summed E-state index contributed by atoms with van der Waals surface area (Å²) < 4.78 is 27.2. The van der Waals surface area contributed by atoms with Crippen LogP contribution >= 0.6 is 0 Å². The van der Waals surface area contributed by atoms with E-state index in [1.165, 1.54) is 0 Å². The molecule has 0 aliphatic carbocycles. The third kappa shape index (κ3) is 4.04. The molecule has 2 aromatic rings. The lowest BCUT2D eigenvalue weighted by molar-refractivity contribution is 0.601. The SMILES string of the molecule is Cc1cccnc1NS(=O)(=O)c1ccc(CC(C)C)cc1. The first kappa shape index (κ1) is 15.5. The minimum absolute atomic E-state index is 0.250. The monoisotopic (exact) mass is 304 g/mol. The van der Waals surface area contributed by atoms with Crippen molar-refractivity contribution < 1.29 is 8.42 Å². The first-order valence-electron chi connectivity index (χ1n) is 6.92. The molecular weight excluding hydrogens is 284 g/mol. The molecule has 112 valence electrons. The molecule has 2 rings (SSSR count). The van der Waals surface area contributed by atoms with Crippen molar-refractivity contribution in [2.75, 3.05) is 4.72 Å². The molecular formula is C16H20N2O2S. The Hall–Kier alpha value is -1.88. The molecule has 4 nitrogen and oxygen atoms in total. The maximum Gasteiger partial charge on any atom is 0.263 e. The van der Waals surface area contributed by atoms with Crippen LogP contribution in [0.1, 0.15) is 25.0 Å². The van der Waals surface area contributed by atoms with E-state index < -0.39 is 10.0 Å². The van der Waals surface area contributed by atoms with E-state index in [-0.39, 0.29) is 4.90 Å². The van der Waals surface area contributed by atoms with E-state index in [9.17, 15) is 8.42 Å². The summed E-state index contributed by atoms with van der Waals surface area (Å²) in [7, 11) is -3.59. The van der Waals surface area contributed by atoms with Gasteiger partial charge >= 0.3 is 0 Å². The molecule has 0 radical (unpaired) electrons. The van der Waals surface area contributed by atoms with Gasteiger partial charge in [-0.25, -0.2) is 13.4 Å². The number of hydrogen-bond donors (Lipinski definition) is 1. The molecule has 0 unspecified atom stereocenters. The van der Waals surface area contributed by atoms with Crippen LogP contribution in [0.3, 0.4) is 0 Å². The zero-order chi connectivity index (χ0) is 15.5. The Labute approximate surface area is 126 Å². The largest absolute Gasteiger partial charge is 0.263 e. The highest BCUT2D eigenvalue weighted by molar-refractivity contribution is 7.92. The molecule has 1 heterocycles. The second-order valence-electron chi connectivity index (χ2n) is 5.52. The van der Waals surface area contributed by atoms with Crippen molar-refractivity contribution in [3.05, 3.63) is 53.7 Å². The second-order valence-corrected chi connectivity index (χ2v) is 7.20. The van der Waals surface area contributed by atoms with E-state index in [2.05, 4.69) is 23.6 Å². The minimum atomic E-state index is -3.59. The van der Waals surface area contributed by atoms with Gasteiger partial charge in [0.25, 0.3) is 10.0 Å². The molecule has 1 aromatic heterocycles. The van der Waals surface area contributed by atoms with Crippen LogP contribution in [0.2, 0.25) is 0 Å². The van der Waals surface area contributed by atoms with Gasteiger partial charge in [-0.2, -0.15) is 0 Å². The number of rotatable bonds is 5. The van der Waals surface area contributed by atoms with Crippen LogP contribution in [-0.2, 0) is 16.4 Å². The number of aryl methyl sites for hydroxylation is 1. The summed E-state index contributed by atoms with van der Waals surface area (Å²) in [5, 5.41) is 0. The summed E-state index contributed by atoms with van der Waals surface area (Å²) in [4.78, 5) is 4.31. The van der Waals surface area contributed by atoms with Crippen molar-refractivity contribution in [2.45, 2.75) is 32.1 Å². The number of hydrogen-bond acceptors (Lipinski definition) is 3. The third-order valence-electron chi connectivity index (χ3n) is 3.12. The summed E-state index contributed by atoms with van der Waals surface area (Å²) in [5.41, 5.74) is 1.93. The Bertz CT molecular complexity index is 707. The maximum absolute atomic E-state index is 12.3. The molecule has 0 bridgehead atoms. The van der Waals surface area contributed by atoms with Crippen LogP contribution in [0, 0.1) is 12.8 Å². The average Bonchev–Trinajstić information content (AvgIpc) is 2.41. The Balaban J connectivity index is 2.22. The lowest BCUT2D eigenvalue weighted by Crippen LogP contribution is -2.14. The highest BCUT2D eigenvalue weighted by Crippen LogP contribution is 2.18. The first-order valence-corrected chi connectivity index (χ1v) is 8.40. The van der Waals surface area contributed by atoms with E-state index in [4.69, 9.17) is 0 Å². The van der Waals surface area contributed by atoms with Crippen molar-refractivity contribution in [3.63, 3.8) is 0 Å². The number of benzene rings is 1. The summed E-state index contributed by atoms with van der Waals surface area (Å²) in [6.07, 6.45) is 2.50. The van der Waals surface area contributed by atoms with Crippen LogP contribution in [-0.4, -0.2) is 13.4 Å². The van der Waals surface area contributed by atoms with Gasteiger partial charge in [0.2, 0.25) is 0 Å². The van der Waals surface area contributed by atoms with E-state index >= 15 is 0 Å². The molecule has 21 heavy (non-hydrogen) atoms. The standard InChI is InChI=1S/C16H20N2O2S/c1-12(2)11-14-6-8-15(9-7-14)21(19,20)18-16-13(3)5-4-10-17-16/h4-10,12H,11H2,1-3H3,(H,17,18). The quantitative estimate of drug-likeness (QED) is 0.921. The minimum Gasteiger partial charge on any atom is -0.263 e. The Morgan fingerprint density at radius 2 is 1.81 bits per heavy atom. The lowest BCUT2D eigenvalue weighted by Gasteiger charge is -2.10. The molecule has 0 saturated heterocycles. The van der Waals surface area contributed by atoms with Gasteiger partial charge in [0.1, 0.15) is 5.82 Å². The first-order chi connectivity index (χ1) is 9.88. The highest BCUT2D eigenvalue weighted by Gasteiger charge is 2.15. The highest BCUT2D eigenvalue weighted by atomic mass is 32.2. The van der Waals surface area contributed by atoms with Crippen LogP contribution in [0.4, 0.5) is 5.82 Å². The predicted octanol–water partition coefficient (Wildman–Crippen LogP) is 3.39. The number of pyridine rings is 1. The summed E-state index contributed by atoms with van der Waals surface area (Å²) in [5.74, 6) is 0.908. The molecule has 0 aliphatic heterocycles. The van der Waals surface area contributed by atoms with Crippen molar-refractivity contribution >= 4 is 15.8 Å². The molecule has 1 aromatic carbocycles. The van der Waals surface area contributed by atoms with Gasteiger partial charge in [0.15, 0.2) is 0 Å². The molecule has 0 spiro atoms. The van der Waals surface area contributed by atoms with E-state index in [1.807, 2.05) is 25.1 Å². The smallest absolute Gasteiger partial charge is 0.263 e. The maximum atomic E-state index is 12.3. The van der Waals surface area contributed by atoms with Crippen molar-refractivity contribution in [1.29, 1.82) is 0 Å². The van der Waals surface area contributed by atoms with Gasteiger partial charge in [-0.1, -0.05) is 32.0 Å². The predicted molar refractivity (Wildman–Crippen MR) is 84.8 cm³/mol. The molecule has 0 saturated carbocycles. The number of nitrogens with one attached hydrogen (secondary N) is 1. The van der Waals surface area contributed by atoms with Gasteiger partial charge in [-0.15, -0.1) is 0 Å². The average molecular weight is 304 g/mol. The second kappa shape index (κ2) is 6.26. The van der Waals surface area contributed by atoms with Gasteiger partial charge in [-0.3, -0.25) is 4.72 Å². The number of nitrogens with zero attached hydrogens (tertiary/aromatic N) is 1. The fraction of sp³-hybridized carbons (Fsp3) is 0.312. The topological polar surface area (TPSA) is 59.1 Å². The molecule has 0 amide bonds. The van der Waals surface area contributed by atoms with Gasteiger partial charge in [0.05, 0.1) is 4.90 Å². The molecule has 0 fully saturated rings. The van der Waals surface area contributed by atoms with Gasteiger partial charge in [0, 0.05) is 6.20 Å². The van der Waals surface area contributed by atoms with Gasteiger partial charge < -0.3 is 0 Å². The molecule has 0 atom stereocenters. The Morgan fingerprint density at radius 3 is 2.38 bits per heavy atom. The van der Waals surface area contributed by atoms with Crippen molar-refractivity contribution in [1.82, 2.24) is 4.98 Å². The van der Waals surface area contributed by atoms with Crippen LogP contribution in [0.15, 0.2) is 47.5 Å².